The van der Waals surface area contributed by atoms with Crippen LogP contribution in [0.3, 0.4) is 0 Å². The minimum absolute atomic E-state index is 0.178. The van der Waals surface area contributed by atoms with Gasteiger partial charge in [0.1, 0.15) is 5.82 Å². The fraction of sp³-hybridized carbons (Fsp3) is 0.143. The van der Waals surface area contributed by atoms with Gasteiger partial charge in [-0.15, -0.1) is 0 Å². The van der Waals surface area contributed by atoms with Crippen LogP contribution in [0.15, 0.2) is 60.7 Å². The molecule has 2 rings (SSSR count). The predicted octanol–water partition coefficient (Wildman–Crippen LogP) is 4.07. The first-order valence-corrected chi connectivity index (χ1v) is 5.07. The molecule has 0 aliphatic heterocycles. The van der Waals surface area contributed by atoms with Crippen molar-refractivity contribution in [3.63, 3.8) is 0 Å². The zero-order valence-electron chi connectivity index (χ0n) is 8.86. The standard InChI is InChI=1S/C8H10.C6H5F/c1-2-8-6-4-3-5-7-8;7-6-4-2-1-3-5-6/h3-7H,2H2,1H3;1-5H. The molecule has 0 heterocycles. The first-order valence-electron chi connectivity index (χ1n) is 5.07. The summed E-state index contributed by atoms with van der Waals surface area (Å²) in [6.07, 6.45) is 1.14. The van der Waals surface area contributed by atoms with Crippen molar-refractivity contribution in [3.05, 3.63) is 72.0 Å². The van der Waals surface area contributed by atoms with Crippen LogP contribution in [0, 0.1) is 5.82 Å². The molecule has 2 aromatic rings. The molecule has 0 nitrogen and oxygen atoms in total. The van der Waals surface area contributed by atoms with Crippen molar-refractivity contribution in [1.82, 2.24) is 0 Å². The molecule has 78 valence electrons. The van der Waals surface area contributed by atoms with Gasteiger partial charge in [-0.25, -0.2) is 4.39 Å². The molecular weight excluding hydrogens is 187 g/mol. The molecule has 0 saturated heterocycles. The van der Waals surface area contributed by atoms with Crippen molar-refractivity contribution >= 4 is 0 Å². The van der Waals surface area contributed by atoms with Crippen molar-refractivity contribution in [1.29, 1.82) is 0 Å². The third kappa shape index (κ3) is 4.96. The Labute approximate surface area is 90.4 Å². The van der Waals surface area contributed by atoms with E-state index >= 15 is 0 Å². The van der Waals surface area contributed by atoms with Crippen molar-refractivity contribution in [3.8, 4) is 0 Å². The lowest BCUT2D eigenvalue weighted by Crippen LogP contribution is -1.73. The molecule has 0 amide bonds. The lowest BCUT2D eigenvalue weighted by molar-refractivity contribution is 0.628. The van der Waals surface area contributed by atoms with Gasteiger partial charge in [-0.2, -0.15) is 0 Å². The number of halogens is 1. The predicted molar refractivity (Wildman–Crippen MR) is 62.2 cm³/mol. The Balaban J connectivity index is 0.000000151. The maximum atomic E-state index is 11.9. The van der Waals surface area contributed by atoms with Crippen molar-refractivity contribution in [2.75, 3.05) is 0 Å². The molecule has 0 aromatic heterocycles. The second kappa shape index (κ2) is 6.77. The zero-order chi connectivity index (χ0) is 10.9. The third-order valence-corrected chi connectivity index (χ3v) is 1.98. The average molecular weight is 202 g/mol. The topological polar surface area (TPSA) is 0 Å². The van der Waals surface area contributed by atoms with E-state index in [1.54, 1.807) is 18.2 Å². The van der Waals surface area contributed by atoms with Gasteiger partial charge in [0, 0.05) is 0 Å². The van der Waals surface area contributed by atoms with E-state index in [9.17, 15) is 4.39 Å². The van der Waals surface area contributed by atoms with Crippen LogP contribution in [0.25, 0.3) is 0 Å². The van der Waals surface area contributed by atoms with Crippen molar-refractivity contribution in [2.24, 2.45) is 0 Å². The van der Waals surface area contributed by atoms with Gasteiger partial charge < -0.3 is 0 Å². The lowest BCUT2D eigenvalue weighted by atomic mass is 10.2. The van der Waals surface area contributed by atoms with Crippen molar-refractivity contribution < 1.29 is 4.39 Å². The van der Waals surface area contributed by atoms with Crippen LogP contribution in [-0.4, -0.2) is 0 Å². The fourth-order valence-electron chi connectivity index (χ4n) is 1.13. The number of hydrogen-bond donors (Lipinski definition) is 0. The Morgan fingerprint density at radius 1 is 0.800 bits per heavy atom. The largest absolute Gasteiger partial charge is 0.207 e. The zero-order valence-corrected chi connectivity index (χ0v) is 8.86. The summed E-state index contributed by atoms with van der Waals surface area (Å²) in [5, 5.41) is 0. The van der Waals surface area contributed by atoms with Crippen LogP contribution in [0.5, 0.6) is 0 Å². The average Bonchev–Trinajstić information content (AvgIpc) is 2.32. The quantitative estimate of drug-likeness (QED) is 0.653. The molecular formula is C14H15F. The van der Waals surface area contributed by atoms with Crippen LogP contribution in [0.4, 0.5) is 4.39 Å². The minimum atomic E-state index is -0.178. The van der Waals surface area contributed by atoms with E-state index in [0.717, 1.165) is 6.42 Å². The highest BCUT2D eigenvalue weighted by Gasteiger charge is 1.80. The molecule has 0 unspecified atom stereocenters. The van der Waals surface area contributed by atoms with Crippen LogP contribution in [-0.2, 0) is 6.42 Å². The van der Waals surface area contributed by atoms with Crippen LogP contribution in [0.1, 0.15) is 12.5 Å². The molecule has 0 bridgehead atoms. The molecule has 15 heavy (non-hydrogen) atoms. The monoisotopic (exact) mass is 202 g/mol. The van der Waals surface area contributed by atoms with Gasteiger partial charge >= 0.3 is 0 Å². The number of hydrogen-bond acceptors (Lipinski definition) is 0. The van der Waals surface area contributed by atoms with E-state index in [-0.39, 0.29) is 5.82 Å². The van der Waals surface area contributed by atoms with E-state index in [0.29, 0.717) is 0 Å². The maximum Gasteiger partial charge on any atom is 0.123 e. The van der Waals surface area contributed by atoms with E-state index in [1.165, 1.54) is 17.7 Å². The molecule has 0 N–H and O–H groups in total. The Bertz CT molecular complexity index is 354. The summed E-state index contributed by atoms with van der Waals surface area (Å²) in [4.78, 5) is 0. The lowest BCUT2D eigenvalue weighted by Gasteiger charge is -1.89. The third-order valence-electron chi connectivity index (χ3n) is 1.98. The van der Waals surface area contributed by atoms with Gasteiger partial charge in [0.25, 0.3) is 0 Å². The summed E-state index contributed by atoms with van der Waals surface area (Å²) in [6, 6.07) is 18.4. The molecule has 0 radical (unpaired) electrons. The maximum absolute atomic E-state index is 11.9. The van der Waals surface area contributed by atoms with Crippen molar-refractivity contribution in [2.45, 2.75) is 13.3 Å². The smallest absolute Gasteiger partial charge is 0.123 e. The summed E-state index contributed by atoms with van der Waals surface area (Å²) in [5.74, 6) is -0.178. The molecule has 0 fully saturated rings. The van der Waals surface area contributed by atoms with Crippen LogP contribution >= 0.6 is 0 Å². The van der Waals surface area contributed by atoms with Crippen LogP contribution < -0.4 is 0 Å². The van der Waals surface area contributed by atoms with Gasteiger partial charge in [-0.3, -0.25) is 0 Å². The van der Waals surface area contributed by atoms with Gasteiger partial charge in [-0.1, -0.05) is 55.5 Å². The number of benzene rings is 2. The number of aryl methyl sites for hydroxylation is 1. The van der Waals surface area contributed by atoms with Gasteiger partial charge in [0.15, 0.2) is 0 Å². The summed E-state index contributed by atoms with van der Waals surface area (Å²) in [6.45, 7) is 2.16. The van der Waals surface area contributed by atoms with Gasteiger partial charge in [-0.05, 0) is 24.1 Å². The molecule has 0 atom stereocenters. The Morgan fingerprint density at radius 2 is 1.27 bits per heavy atom. The summed E-state index contributed by atoms with van der Waals surface area (Å²) < 4.78 is 11.9. The molecule has 0 aliphatic carbocycles. The van der Waals surface area contributed by atoms with E-state index in [2.05, 4.69) is 31.2 Å². The second-order valence-corrected chi connectivity index (χ2v) is 3.13. The SMILES string of the molecule is CCc1ccccc1.Fc1ccccc1. The summed E-state index contributed by atoms with van der Waals surface area (Å²) >= 11 is 0. The molecule has 1 heteroatoms. The normalized spacial score (nSPS) is 8.93. The summed E-state index contributed by atoms with van der Waals surface area (Å²) in [7, 11) is 0. The highest BCUT2D eigenvalue weighted by molar-refractivity contribution is 5.13. The van der Waals surface area contributed by atoms with E-state index < -0.39 is 0 Å². The Kier molecular flexibility index (Phi) is 5.16. The molecule has 0 spiro atoms. The van der Waals surface area contributed by atoms with E-state index in [1.807, 2.05) is 6.07 Å². The molecule has 0 saturated carbocycles. The number of rotatable bonds is 1. The highest BCUT2D eigenvalue weighted by atomic mass is 19.1. The Hall–Kier alpha value is -1.63. The minimum Gasteiger partial charge on any atom is -0.207 e. The molecule has 2 aromatic carbocycles. The van der Waals surface area contributed by atoms with Gasteiger partial charge in [0.2, 0.25) is 0 Å². The van der Waals surface area contributed by atoms with Gasteiger partial charge in [0.05, 0.1) is 0 Å². The Morgan fingerprint density at radius 3 is 1.53 bits per heavy atom. The van der Waals surface area contributed by atoms with E-state index in [4.69, 9.17) is 0 Å². The van der Waals surface area contributed by atoms with Crippen LogP contribution in [0.2, 0.25) is 0 Å². The summed E-state index contributed by atoms with van der Waals surface area (Å²) in [5.41, 5.74) is 1.41. The first-order chi connectivity index (χ1) is 7.33. The molecule has 0 aliphatic rings. The fourth-order valence-corrected chi connectivity index (χ4v) is 1.13. The highest BCUT2D eigenvalue weighted by Crippen LogP contribution is 1.96. The second-order valence-electron chi connectivity index (χ2n) is 3.13. The first kappa shape index (κ1) is 11.4.